The Labute approximate surface area is 310 Å². The predicted octanol–water partition coefficient (Wildman–Crippen LogP) is 8.44. The van der Waals surface area contributed by atoms with Crippen molar-refractivity contribution in [2.75, 3.05) is 34.0 Å². The monoisotopic (exact) mass is 893 g/mol. The van der Waals surface area contributed by atoms with Crippen molar-refractivity contribution < 1.29 is 64.0 Å². The number of carbonyl (C=O) groups is 1. The molecule has 1 atom stereocenters. The van der Waals surface area contributed by atoms with Gasteiger partial charge in [-0.1, -0.05) is 93.6 Å². The molecule has 0 N–H and O–H groups in total. The van der Waals surface area contributed by atoms with Crippen LogP contribution in [0.3, 0.4) is 0 Å². The summed E-state index contributed by atoms with van der Waals surface area (Å²) < 4.78 is 36.4. The van der Waals surface area contributed by atoms with E-state index in [1.54, 1.807) is 38.5 Å². The van der Waals surface area contributed by atoms with Crippen molar-refractivity contribution in [3.63, 3.8) is 0 Å². The molecule has 7 nitrogen and oxygen atoms in total. The maximum absolute atomic E-state index is 12.5. The van der Waals surface area contributed by atoms with Crippen LogP contribution in [0.2, 0.25) is 18.1 Å². The van der Waals surface area contributed by atoms with Gasteiger partial charge >= 0.3 is 5.97 Å². The van der Waals surface area contributed by atoms with Gasteiger partial charge in [0.25, 0.3) is 0 Å². The van der Waals surface area contributed by atoms with Gasteiger partial charge in [-0.25, -0.2) is 4.79 Å². The molecule has 48 heavy (non-hydrogen) atoms. The molecule has 254 valence electrons. The minimum Gasteiger partial charge on any atom is -0.543 e. The molecule has 0 aliphatic heterocycles. The molecule has 4 rings (SSSR count). The fraction of sp³-hybridized carbons (Fsp3) is 0.333. The van der Waals surface area contributed by atoms with Crippen molar-refractivity contribution >= 4 is 14.3 Å². The Morgan fingerprint density at radius 1 is 0.708 bits per heavy atom. The first kappa shape index (κ1) is 39.5. The van der Waals surface area contributed by atoms with Crippen LogP contribution in [0, 0.1) is 37.7 Å². The molecular formula is C39H47O7SiU-. The van der Waals surface area contributed by atoms with Crippen LogP contribution in [0.15, 0.2) is 109 Å². The fourth-order valence-electron chi connectivity index (χ4n) is 4.88. The van der Waals surface area contributed by atoms with Crippen LogP contribution < -0.4 is 9.47 Å². The van der Waals surface area contributed by atoms with Crippen LogP contribution in [-0.2, 0) is 24.2 Å². The number of benzene rings is 4. The Hall–Kier alpha value is -2.90. The van der Waals surface area contributed by atoms with E-state index in [1.807, 2.05) is 72.8 Å². The van der Waals surface area contributed by atoms with E-state index in [0.717, 1.165) is 28.2 Å². The maximum atomic E-state index is 12.5. The molecule has 0 heterocycles. The third-order valence-electron chi connectivity index (χ3n) is 8.68. The zero-order valence-electron chi connectivity index (χ0n) is 29.0. The van der Waals surface area contributed by atoms with Crippen LogP contribution in [0.25, 0.3) is 0 Å². The smallest absolute Gasteiger partial charge is 0.335 e. The molecule has 0 spiro atoms. The van der Waals surface area contributed by atoms with Gasteiger partial charge in [0.05, 0.1) is 39.1 Å². The second kappa shape index (κ2) is 18.2. The molecule has 0 amide bonds. The van der Waals surface area contributed by atoms with Crippen molar-refractivity contribution in [1.82, 2.24) is 0 Å². The summed E-state index contributed by atoms with van der Waals surface area (Å²) in [6.45, 7) is 13.0. The Bertz CT molecular complexity index is 1480. The van der Waals surface area contributed by atoms with E-state index >= 15 is 0 Å². The van der Waals surface area contributed by atoms with Crippen LogP contribution in [0.1, 0.15) is 47.8 Å². The number of hydrogen-bond donors (Lipinski definition) is 0. The van der Waals surface area contributed by atoms with Gasteiger partial charge in [-0.2, -0.15) is 6.61 Å². The summed E-state index contributed by atoms with van der Waals surface area (Å²) in [5.41, 5.74) is 2.24. The zero-order valence-corrected chi connectivity index (χ0v) is 34.2. The van der Waals surface area contributed by atoms with Gasteiger partial charge in [-0.05, 0) is 77.8 Å². The summed E-state index contributed by atoms with van der Waals surface area (Å²) in [5, 5.41) is 0.00726. The summed E-state index contributed by atoms with van der Waals surface area (Å²) in [4.78, 5) is 12.5. The first-order valence-corrected chi connectivity index (χ1v) is 18.7. The summed E-state index contributed by atoms with van der Waals surface area (Å²) in [6.07, 6.45) is -0.501. The van der Waals surface area contributed by atoms with Crippen LogP contribution in [-0.4, -0.2) is 54.4 Å². The van der Waals surface area contributed by atoms with Gasteiger partial charge in [-0.3, -0.25) is 0 Å². The quantitative estimate of drug-likeness (QED) is 0.0368. The Morgan fingerprint density at radius 2 is 1.19 bits per heavy atom. The first-order valence-electron chi connectivity index (χ1n) is 15.8. The fourth-order valence-corrected chi connectivity index (χ4v) is 5.91. The van der Waals surface area contributed by atoms with Gasteiger partial charge in [0.2, 0.25) is 0 Å². The van der Waals surface area contributed by atoms with Gasteiger partial charge in [-0.15, -0.1) is 0 Å². The molecule has 0 fully saturated rings. The first-order chi connectivity index (χ1) is 22.5. The van der Waals surface area contributed by atoms with Gasteiger partial charge in [0, 0.05) is 31.1 Å². The summed E-state index contributed by atoms with van der Waals surface area (Å²) in [7, 11) is 1.17. The van der Waals surface area contributed by atoms with E-state index in [-0.39, 0.29) is 49.4 Å². The second-order valence-electron chi connectivity index (χ2n) is 12.8. The molecule has 0 bridgehead atoms. The largest absolute Gasteiger partial charge is 0.543 e. The minimum absolute atomic E-state index is 0. The van der Waals surface area contributed by atoms with Crippen molar-refractivity contribution in [1.29, 1.82) is 0 Å². The van der Waals surface area contributed by atoms with Crippen LogP contribution in [0.4, 0.5) is 0 Å². The number of rotatable bonds is 16. The molecular weight excluding hydrogens is 847 g/mol. The molecule has 0 aliphatic rings. The molecule has 0 aliphatic carbocycles. The molecule has 0 saturated heterocycles. The van der Waals surface area contributed by atoms with E-state index in [4.69, 9.17) is 28.1 Å². The van der Waals surface area contributed by atoms with E-state index < -0.39 is 26.0 Å². The summed E-state index contributed by atoms with van der Waals surface area (Å²) >= 11 is 0. The normalized spacial score (nSPS) is 12.5. The van der Waals surface area contributed by atoms with E-state index in [1.165, 1.54) is 6.61 Å². The topological polar surface area (TPSA) is 72.5 Å². The number of ether oxygens (including phenoxy) is 5. The van der Waals surface area contributed by atoms with Gasteiger partial charge in [0.1, 0.15) is 17.1 Å². The SMILES string of the molecule is COc1ccc(C(OC[C@H](CO[Si](C)(C)C(C)(C)C)O[CH-]COC(=O)c2ccccc2)(c2ccccc2)c2ccc(OC)cc2)cc1.[U]. The predicted molar refractivity (Wildman–Crippen MR) is 187 cm³/mol. The summed E-state index contributed by atoms with van der Waals surface area (Å²) in [5.74, 6) is 1.07. The maximum Gasteiger partial charge on any atom is 0.335 e. The molecule has 0 aromatic heterocycles. The molecule has 0 radical (unpaired) electrons. The van der Waals surface area contributed by atoms with E-state index in [2.05, 4.69) is 46.0 Å². The molecule has 4 aromatic carbocycles. The number of carbonyl (C=O) groups excluding carboxylic acids is 1. The van der Waals surface area contributed by atoms with Gasteiger partial charge in [0.15, 0.2) is 8.32 Å². The average molecular weight is 894 g/mol. The molecule has 0 unspecified atom stereocenters. The number of methoxy groups -OCH3 is 2. The zero-order chi connectivity index (χ0) is 33.9. The van der Waals surface area contributed by atoms with Crippen molar-refractivity contribution in [2.45, 2.75) is 50.6 Å². The van der Waals surface area contributed by atoms with Crippen LogP contribution >= 0.6 is 0 Å². The van der Waals surface area contributed by atoms with Crippen molar-refractivity contribution in [3.05, 3.63) is 138 Å². The number of hydrogen-bond acceptors (Lipinski definition) is 7. The Balaban J connectivity index is 0.00000625. The van der Waals surface area contributed by atoms with Crippen molar-refractivity contribution in [2.24, 2.45) is 0 Å². The molecule has 4 aromatic rings. The third kappa shape index (κ3) is 10.1. The second-order valence-corrected chi connectivity index (χ2v) is 17.6. The minimum atomic E-state index is -2.13. The van der Waals surface area contributed by atoms with E-state index in [9.17, 15) is 4.79 Å². The summed E-state index contributed by atoms with van der Waals surface area (Å²) in [6, 6.07) is 34.8. The molecule has 0 saturated carbocycles. The van der Waals surface area contributed by atoms with Crippen LogP contribution in [0.5, 0.6) is 11.5 Å². The van der Waals surface area contributed by atoms with E-state index in [0.29, 0.717) is 12.2 Å². The standard InChI is InChI=1S/C39H47O7Si.U/c1-38(2,3)47(6,7)46-29-36(43-26-27-44-37(40)30-14-10-8-11-15-30)28-45-39(31-16-12-9-13-17-31,32-18-22-34(41-4)23-19-32)33-20-24-35(42-5)25-21-33;/h8-26,36H,27-29H2,1-7H3;/q-1;/t36-;/m1./s1. The Kier molecular flexibility index (Phi) is 15.0. The number of esters is 1. The van der Waals surface area contributed by atoms with Gasteiger partial charge < -0.3 is 28.1 Å². The Morgan fingerprint density at radius 3 is 1.67 bits per heavy atom. The average Bonchev–Trinajstić information content (AvgIpc) is 3.09. The molecule has 9 heteroatoms. The third-order valence-corrected chi connectivity index (χ3v) is 13.2. The van der Waals surface area contributed by atoms with Crippen molar-refractivity contribution in [3.8, 4) is 11.5 Å².